The molecule has 6 heteroatoms. The molecule has 38 heavy (non-hydrogen) atoms. The number of nitrogens with one attached hydrogen (secondary N) is 2. The van der Waals surface area contributed by atoms with Crippen LogP contribution in [-0.4, -0.2) is 38.1 Å². The zero-order valence-electron chi connectivity index (χ0n) is 24.7. The van der Waals surface area contributed by atoms with Crippen molar-refractivity contribution in [2.45, 2.75) is 130 Å². The molecule has 0 unspecified atom stereocenters. The minimum atomic E-state index is 0.165. The minimum absolute atomic E-state index is 0.165. The van der Waals surface area contributed by atoms with Gasteiger partial charge in [-0.05, 0) is 81.9 Å². The van der Waals surface area contributed by atoms with Gasteiger partial charge in [0.2, 0.25) is 11.8 Å². The van der Waals surface area contributed by atoms with Crippen LogP contribution in [-0.2, 0) is 16.0 Å². The summed E-state index contributed by atoms with van der Waals surface area (Å²) in [5.41, 5.74) is 1.25. The lowest BCUT2D eigenvalue weighted by molar-refractivity contribution is -0.122. The summed E-state index contributed by atoms with van der Waals surface area (Å²) in [6.45, 7) is 9.43. The first-order chi connectivity index (χ1) is 18.6. The van der Waals surface area contributed by atoms with Crippen molar-refractivity contribution in [2.75, 3.05) is 26.3 Å². The maximum Gasteiger partial charge on any atom is 0.219 e. The minimum Gasteiger partial charge on any atom is -0.493 e. The van der Waals surface area contributed by atoms with Gasteiger partial charge in [-0.15, -0.1) is 0 Å². The first-order valence-electron chi connectivity index (χ1n) is 15.5. The molecule has 0 aliphatic rings. The molecule has 0 aliphatic heterocycles. The Morgan fingerprint density at radius 2 is 1.05 bits per heavy atom. The third kappa shape index (κ3) is 18.9. The molecule has 0 bridgehead atoms. The van der Waals surface area contributed by atoms with E-state index < -0.39 is 0 Å². The Hall–Kier alpha value is -2.24. The number of hydrogen-bond donors (Lipinski definition) is 2. The van der Waals surface area contributed by atoms with Gasteiger partial charge in [-0.2, -0.15) is 0 Å². The fourth-order valence-electron chi connectivity index (χ4n) is 4.21. The monoisotopic (exact) mass is 532 g/mol. The summed E-state index contributed by atoms with van der Waals surface area (Å²) in [4.78, 5) is 23.8. The van der Waals surface area contributed by atoms with Gasteiger partial charge in [0.1, 0.15) is 11.5 Å². The van der Waals surface area contributed by atoms with Crippen LogP contribution in [0.15, 0.2) is 18.2 Å². The highest BCUT2D eigenvalue weighted by atomic mass is 16.5. The molecule has 2 N–H and O–H groups in total. The molecule has 0 heterocycles. The molecule has 6 nitrogen and oxygen atoms in total. The standard InChI is InChI=1S/C32H56N2O4/c1-4-7-14-21-33-31(35)19-12-10-16-23-37-29-25-28(18-9-6-3)26-30(27-29)38-24-17-11-13-20-32(36)34-22-15-8-5-2/h25-27H,4-24H2,1-3H3,(H,33,35)(H,34,36). The summed E-state index contributed by atoms with van der Waals surface area (Å²) in [5.74, 6) is 2.06. The molecule has 218 valence electrons. The van der Waals surface area contributed by atoms with E-state index in [0.717, 1.165) is 95.2 Å². The second-order valence-electron chi connectivity index (χ2n) is 10.3. The van der Waals surface area contributed by atoms with Gasteiger partial charge in [-0.25, -0.2) is 0 Å². The van der Waals surface area contributed by atoms with Crippen molar-refractivity contribution in [2.24, 2.45) is 0 Å². The number of carbonyl (C=O) groups excluding carboxylic acids is 2. The highest BCUT2D eigenvalue weighted by Crippen LogP contribution is 2.25. The number of hydrogen-bond acceptors (Lipinski definition) is 4. The van der Waals surface area contributed by atoms with Crippen LogP contribution in [0.1, 0.15) is 129 Å². The summed E-state index contributed by atoms with van der Waals surface area (Å²) in [6, 6.07) is 6.25. The SMILES string of the molecule is CCCCCNC(=O)CCCCCOc1cc(CCCC)cc(OCCCCCC(=O)NCCCCC)c1. The zero-order valence-corrected chi connectivity index (χ0v) is 24.7. The van der Waals surface area contributed by atoms with E-state index in [-0.39, 0.29) is 11.8 Å². The highest BCUT2D eigenvalue weighted by molar-refractivity contribution is 5.76. The summed E-state index contributed by atoms with van der Waals surface area (Å²) in [5, 5.41) is 6.01. The van der Waals surface area contributed by atoms with Gasteiger partial charge >= 0.3 is 0 Å². The van der Waals surface area contributed by atoms with Gasteiger partial charge in [0.15, 0.2) is 0 Å². The Morgan fingerprint density at radius 1 is 0.579 bits per heavy atom. The lowest BCUT2D eigenvalue weighted by Crippen LogP contribution is -2.23. The molecule has 0 fully saturated rings. The number of aryl methyl sites for hydroxylation is 1. The predicted molar refractivity (Wildman–Crippen MR) is 158 cm³/mol. The number of ether oxygens (including phenoxy) is 2. The molecular formula is C32H56N2O4. The quantitative estimate of drug-likeness (QED) is 0.128. The average molecular weight is 533 g/mol. The Balaban J connectivity index is 2.29. The zero-order chi connectivity index (χ0) is 27.7. The van der Waals surface area contributed by atoms with Gasteiger partial charge in [-0.3, -0.25) is 9.59 Å². The Bertz CT molecular complexity index is 684. The van der Waals surface area contributed by atoms with E-state index in [1.165, 1.54) is 31.2 Å². The van der Waals surface area contributed by atoms with E-state index in [1.54, 1.807) is 0 Å². The average Bonchev–Trinajstić information content (AvgIpc) is 2.91. The second kappa shape index (κ2) is 23.8. The Kier molecular flexibility index (Phi) is 21.2. The lowest BCUT2D eigenvalue weighted by Gasteiger charge is -2.13. The van der Waals surface area contributed by atoms with E-state index in [9.17, 15) is 9.59 Å². The number of carbonyl (C=O) groups is 2. The predicted octanol–water partition coefficient (Wildman–Crippen LogP) is 7.52. The number of rotatable bonds is 25. The molecule has 1 aromatic rings. The topological polar surface area (TPSA) is 76.7 Å². The van der Waals surface area contributed by atoms with Crippen LogP contribution in [0.3, 0.4) is 0 Å². The van der Waals surface area contributed by atoms with Crippen molar-refractivity contribution in [3.8, 4) is 11.5 Å². The molecule has 0 saturated heterocycles. The van der Waals surface area contributed by atoms with E-state index in [0.29, 0.717) is 26.1 Å². The van der Waals surface area contributed by atoms with E-state index in [1.807, 2.05) is 6.07 Å². The largest absolute Gasteiger partial charge is 0.493 e. The first kappa shape index (κ1) is 33.8. The fraction of sp³-hybridized carbons (Fsp3) is 0.750. The smallest absolute Gasteiger partial charge is 0.219 e. The Labute approximate surface area is 233 Å². The van der Waals surface area contributed by atoms with Crippen molar-refractivity contribution in [1.82, 2.24) is 10.6 Å². The molecule has 0 spiro atoms. The number of benzene rings is 1. The molecule has 0 aliphatic carbocycles. The van der Waals surface area contributed by atoms with Crippen molar-refractivity contribution in [1.29, 1.82) is 0 Å². The van der Waals surface area contributed by atoms with Crippen LogP contribution < -0.4 is 20.1 Å². The summed E-state index contributed by atoms with van der Waals surface area (Å²) in [7, 11) is 0. The third-order valence-corrected chi connectivity index (χ3v) is 6.60. The molecular weight excluding hydrogens is 476 g/mol. The van der Waals surface area contributed by atoms with Gasteiger partial charge in [0.25, 0.3) is 0 Å². The van der Waals surface area contributed by atoms with Crippen LogP contribution in [0.2, 0.25) is 0 Å². The van der Waals surface area contributed by atoms with Crippen LogP contribution in [0.4, 0.5) is 0 Å². The van der Waals surface area contributed by atoms with Crippen LogP contribution in [0, 0.1) is 0 Å². The molecule has 1 rings (SSSR count). The Morgan fingerprint density at radius 3 is 1.50 bits per heavy atom. The van der Waals surface area contributed by atoms with Crippen molar-refractivity contribution < 1.29 is 19.1 Å². The normalized spacial score (nSPS) is 10.8. The number of unbranched alkanes of at least 4 members (excludes halogenated alkanes) is 9. The van der Waals surface area contributed by atoms with E-state index >= 15 is 0 Å². The van der Waals surface area contributed by atoms with Crippen LogP contribution in [0.25, 0.3) is 0 Å². The molecule has 1 aromatic carbocycles. The first-order valence-corrected chi connectivity index (χ1v) is 15.5. The number of amides is 2. The van der Waals surface area contributed by atoms with Gasteiger partial charge in [0, 0.05) is 32.0 Å². The summed E-state index contributed by atoms with van der Waals surface area (Å²) in [6.07, 6.45) is 17.0. The van der Waals surface area contributed by atoms with E-state index in [2.05, 4.69) is 43.5 Å². The second-order valence-corrected chi connectivity index (χ2v) is 10.3. The van der Waals surface area contributed by atoms with Crippen molar-refractivity contribution >= 4 is 11.8 Å². The van der Waals surface area contributed by atoms with Crippen molar-refractivity contribution in [3.63, 3.8) is 0 Å². The van der Waals surface area contributed by atoms with Gasteiger partial charge < -0.3 is 20.1 Å². The van der Waals surface area contributed by atoms with E-state index in [4.69, 9.17) is 9.47 Å². The van der Waals surface area contributed by atoms with Crippen LogP contribution in [0.5, 0.6) is 11.5 Å². The molecule has 0 aromatic heterocycles. The van der Waals surface area contributed by atoms with Gasteiger partial charge in [-0.1, -0.05) is 52.9 Å². The third-order valence-electron chi connectivity index (χ3n) is 6.60. The van der Waals surface area contributed by atoms with Gasteiger partial charge in [0.05, 0.1) is 13.2 Å². The highest BCUT2D eigenvalue weighted by Gasteiger charge is 2.06. The molecule has 0 radical (unpaired) electrons. The maximum atomic E-state index is 11.9. The lowest BCUT2D eigenvalue weighted by atomic mass is 10.1. The maximum absolute atomic E-state index is 11.9. The summed E-state index contributed by atoms with van der Waals surface area (Å²) < 4.78 is 12.1. The molecule has 2 amide bonds. The van der Waals surface area contributed by atoms with Crippen LogP contribution >= 0.6 is 0 Å². The summed E-state index contributed by atoms with van der Waals surface area (Å²) >= 11 is 0. The van der Waals surface area contributed by atoms with Crippen molar-refractivity contribution in [3.05, 3.63) is 23.8 Å². The fourth-order valence-corrected chi connectivity index (χ4v) is 4.21. The molecule has 0 atom stereocenters. The molecule has 0 saturated carbocycles.